The van der Waals surface area contributed by atoms with Gasteiger partial charge in [0, 0.05) is 32.1 Å². The summed E-state index contributed by atoms with van der Waals surface area (Å²) in [6, 6.07) is 10.7. The van der Waals surface area contributed by atoms with E-state index in [9.17, 15) is 14.4 Å². The molecule has 158 valence electrons. The Labute approximate surface area is 173 Å². The van der Waals surface area contributed by atoms with Crippen molar-refractivity contribution in [1.82, 2.24) is 14.8 Å². The Morgan fingerprint density at radius 2 is 1.87 bits per heavy atom. The van der Waals surface area contributed by atoms with Crippen molar-refractivity contribution in [3.05, 3.63) is 58.5 Å². The molecular formula is C22H25N3O5. The lowest BCUT2D eigenvalue weighted by Gasteiger charge is -2.32. The maximum atomic E-state index is 12.5. The molecule has 8 nitrogen and oxygen atoms in total. The minimum absolute atomic E-state index is 0.0304. The Balaban J connectivity index is 1.23. The minimum atomic E-state index is -0.396. The summed E-state index contributed by atoms with van der Waals surface area (Å²) < 4.78 is 12.1. The molecule has 1 fully saturated rings. The number of furan rings is 1. The predicted molar refractivity (Wildman–Crippen MR) is 110 cm³/mol. The number of carbonyl (C=O) groups excluding carboxylic acids is 2. The second-order valence-electron chi connectivity index (χ2n) is 7.63. The van der Waals surface area contributed by atoms with E-state index in [-0.39, 0.29) is 17.9 Å². The lowest BCUT2D eigenvalue weighted by molar-refractivity contribution is -0.132. The quantitative estimate of drug-likeness (QED) is 0.673. The molecule has 1 aliphatic rings. The third-order valence-corrected chi connectivity index (χ3v) is 5.49. The zero-order valence-electron chi connectivity index (χ0n) is 16.9. The van der Waals surface area contributed by atoms with Crippen LogP contribution in [0.5, 0.6) is 0 Å². The number of likely N-dealkylation sites (tertiary alicyclic amines) is 1. The number of rotatable bonds is 6. The van der Waals surface area contributed by atoms with E-state index >= 15 is 0 Å². The summed E-state index contributed by atoms with van der Waals surface area (Å²) in [5.41, 5.74) is 1.31. The number of nitrogens with zero attached hydrogens (tertiary/aromatic N) is 2. The Kier molecular flexibility index (Phi) is 5.74. The summed E-state index contributed by atoms with van der Waals surface area (Å²) in [5.74, 6) is 0.471. The fraction of sp³-hybridized carbons (Fsp3) is 0.409. The highest BCUT2D eigenvalue weighted by Crippen LogP contribution is 2.15. The monoisotopic (exact) mass is 411 g/mol. The minimum Gasteiger partial charge on any atom is -0.456 e. The van der Waals surface area contributed by atoms with Crippen LogP contribution in [0.4, 0.5) is 0 Å². The van der Waals surface area contributed by atoms with Crippen LogP contribution in [0.2, 0.25) is 0 Å². The molecule has 0 saturated carbocycles. The van der Waals surface area contributed by atoms with Gasteiger partial charge in [0.2, 0.25) is 5.91 Å². The molecule has 0 atom stereocenters. The van der Waals surface area contributed by atoms with Crippen molar-refractivity contribution in [2.24, 2.45) is 0 Å². The maximum Gasteiger partial charge on any atom is 0.419 e. The maximum absolute atomic E-state index is 12.5. The normalized spacial score (nSPS) is 14.9. The second kappa shape index (κ2) is 8.61. The van der Waals surface area contributed by atoms with Crippen molar-refractivity contribution in [3.63, 3.8) is 0 Å². The van der Waals surface area contributed by atoms with Gasteiger partial charge >= 0.3 is 5.76 Å². The number of benzene rings is 1. The molecule has 8 heteroatoms. The Hall–Kier alpha value is -3.29. The number of fused-ring (bicyclic) bond motifs is 1. The fourth-order valence-electron chi connectivity index (χ4n) is 3.86. The van der Waals surface area contributed by atoms with Crippen LogP contribution >= 0.6 is 0 Å². The molecule has 3 heterocycles. The summed E-state index contributed by atoms with van der Waals surface area (Å²) in [6.07, 6.45) is 2.36. The van der Waals surface area contributed by atoms with Gasteiger partial charge in [0.15, 0.2) is 11.3 Å². The van der Waals surface area contributed by atoms with Crippen LogP contribution in [0.15, 0.2) is 50.0 Å². The zero-order chi connectivity index (χ0) is 21.1. The van der Waals surface area contributed by atoms with E-state index in [4.69, 9.17) is 8.83 Å². The fourth-order valence-corrected chi connectivity index (χ4v) is 3.86. The van der Waals surface area contributed by atoms with Gasteiger partial charge in [-0.3, -0.25) is 14.2 Å². The average molecular weight is 411 g/mol. The average Bonchev–Trinajstić information content (AvgIpc) is 3.31. The highest BCUT2D eigenvalue weighted by molar-refractivity contribution is 5.91. The molecule has 0 aliphatic carbocycles. The Morgan fingerprint density at radius 1 is 1.10 bits per heavy atom. The molecule has 1 saturated heterocycles. The number of para-hydroxylation sites is 2. The van der Waals surface area contributed by atoms with E-state index in [0.717, 1.165) is 5.52 Å². The predicted octanol–water partition coefficient (Wildman–Crippen LogP) is 2.70. The molecule has 0 unspecified atom stereocenters. The number of hydrogen-bond donors (Lipinski definition) is 1. The third-order valence-electron chi connectivity index (χ3n) is 5.49. The number of amides is 2. The second-order valence-corrected chi connectivity index (χ2v) is 7.63. The standard InChI is InChI=1S/C22H25N3O5/c1-15-8-9-19(29-15)21(27)23-16-10-13-24(14-11-16)20(26)7-4-12-25-17-5-2-3-6-18(17)30-22(25)28/h2-3,5-6,8-9,16H,4,7,10-14H2,1H3,(H,23,27). The van der Waals surface area contributed by atoms with E-state index in [1.807, 2.05) is 23.1 Å². The van der Waals surface area contributed by atoms with Crippen LogP contribution in [0.1, 0.15) is 42.0 Å². The van der Waals surface area contributed by atoms with Gasteiger partial charge in [0.25, 0.3) is 5.91 Å². The van der Waals surface area contributed by atoms with E-state index < -0.39 is 5.76 Å². The van der Waals surface area contributed by atoms with Crippen LogP contribution in [0.3, 0.4) is 0 Å². The van der Waals surface area contributed by atoms with Crippen LogP contribution in [0, 0.1) is 6.92 Å². The van der Waals surface area contributed by atoms with Crippen molar-refractivity contribution in [1.29, 1.82) is 0 Å². The molecule has 2 aromatic heterocycles. The first-order chi connectivity index (χ1) is 14.5. The topological polar surface area (TPSA) is 97.7 Å². The van der Waals surface area contributed by atoms with Gasteiger partial charge in [0.1, 0.15) is 5.76 Å². The largest absolute Gasteiger partial charge is 0.456 e. The van der Waals surface area contributed by atoms with Crippen molar-refractivity contribution >= 4 is 22.9 Å². The summed E-state index contributed by atoms with van der Waals surface area (Å²) in [5, 5.41) is 2.97. The van der Waals surface area contributed by atoms with E-state index in [0.29, 0.717) is 62.4 Å². The van der Waals surface area contributed by atoms with Crippen molar-refractivity contribution in [3.8, 4) is 0 Å². The number of oxazole rings is 1. The van der Waals surface area contributed by atoms with Crippen molar-refractivity contribution in [2.45, 2.75) is 45.2 Å². The molecule has 4 rings (SSSR count). The first-order valence-electron chi connectivity index (χ1n) is 10.2. The van der Waals surface area contributed by atoms with E-state index in [2.05, 4.69) is 5.32 Å². The number of carbonyl (C=O) groups is 2. The molecule has 0 bridgehead atoms. The van der Waals surface area contributed by atoms with Gasteiger partial charge in [-0.05, 0) is 50.5 Å². The summed E-state index contributed by atoms with van der Waals surface area (Å²) in [6.45, 7) is 3.45. The molecule has 30 heavy (non-hydrogen) atoms. The first-order valence-corrected chi connectivity index (χ1v) is 10.2. The number of hydrogen-bond acceptors (Lipinski definition) is 5. The summed E-state index contributed by atoms with van der Waals surface area (Å²) in [4.78, 5) is 38.6. The van der Waals surface area contributed by atoms with Crippen LogP contribution in [-0.2, 0) is 11.3 Å². The van der Waals surface area contributed by atoms with E-state index in [1.54, 1.807) is 29.7 Å². The molecule has 1 N–H and O–H groups in total. The molecule has 1 aromatic carbocycles. The van der Waals surface area contributed by atoms with Gasteiger partial charge in [-0.25, -0.2) is 4.79 Å². The third kappa shape index (κ3) is 4.32. The smallest absolute Gasteiger partial charge is 0.419 e. The number of aryl methyl sites for hydroxylation is 2. The van der Waals surface area contributed by atoms with Crippen molar-refractivity contribution in [2.75, 3.05) is 13.1 Å². The lowest BCUT2D eigenvalue weighted by Crippen LogP contribution is -2.46. The van der Waals surface area contributed by atoms with Gasteiger partial charge in [-0.1, -0.05) is 12.1 Å². The SMILES string of the molecule is Cc1ccc(C(=O)NC2CCN(C(=O)CCCn3c(=O)oc4ccccc43)CC2)o1. The van der Waals surface area contributed by atoms with Gasteiger partial charge < -0.3 is 19.1 Å². The number of aromatic nitrogens is 1. The zero-order valence-corrected chi connectivity index (χ0v) is 16.9. The molecule has 0 spiro atoms. The van der Waals surface area contributed by atoms with Crippen LogP contribution in [-0.4, -0.2) is 40.4 Å². The highest BCUT2D eigenvalue weighted by atomic mass is 16.4. The molecule has 3 aromatic rings. The van der Waals surface area contributed by atoms with Crippen LogP contribution in [0.25, 0.3) is 11.1 Å². The van der Waals surface area contributed by atoms with Gasteiger partial charge in [-0.15, -0.1) is 0 Å². The summed E-state index contributed by atoms with van der Waals surface area (Å²) in [7, 11) is 0. The molecular weight excluding hydrogens is 386 g/mol. The molecule has 1 aliphatic heterocycles. The van der Waals surface area contributed by atoms with E-state index in [1.165, 1.54) is 0 Å². The van der Waals surface area contributed by atoms with Crippen molar-refractivity contribution < 1.29 is 18.4 Å². The molecule has 2 amide bonds. The lowest BCUT2D eigenvalue weighted by atomic mass is 10.0. The molecule has 0 radical (unpaired) electrons. The Morgan fingerprint density at radius 3 is 2.60 bits per heavy atom. The van der Waals surface area contributed by atoms with Gasteiger partial charge in [-0.2, -0.15) is 0 Å². The van der Waals surface area contributed by atoms with Crippen LogP contribution < -0.4 is 11.1 Å². The number of piperidine rings is 1. The van der Waals surface area contributed by atoms with Gasteiger partial charge in [0.05, 0.1) is 5.52 Å². The number of nitrogens with one attached hydrogen (secondary N) is 1. The Bertz CT molecular complexity index is 1100. The highest BCUT2D eigenvalue weighted by Gasteiger charge is 2.24. The first kappa shape index (κ1) is 20.0. The summed E-state index contributed by atoms with van der Waals surface area (Å²) >= 11 is 0.